The van der Waals surface area contributed by atoms with Crippen molar-refractivity contribution in [2.24, 2.45) is 0 Å². The summed E-state index contributed by atoms with van der Waals surface area (Å²) in [5, 5.41) is 0. The molecular formula is C16H25NO2. The lowest BCUT2D eigenvalue weighted by Gasteiger charge is -2.26. The number of hydrogen-bond acceptors (Lipinski definition) is 3. The van der Waals surface area contributed by atoms with E-state index < -0.39 is 0 Å². The van der Waals surface area contributed by atoms with Crippen molar-refractivity contribution >= 4 is 5.78 Å². The van der Waals surface area contributed by atoms with Gasteiger partial charge in [0.15, 0.2) is 5.78 Å². The molecule has 0 N–H and O–H groups in total. The lowest BCUT2D eigenvalue weighted by atomic mass is 10.0. The molecule has 0 bridgehead atoms. The number of hydrogen-bond donors (Lipinski definition) is 0. The largest absolute Gasteiger partial charge is 0.383 e. The number of carbonyl (C=O) groups excluding carboxylic acids is 1. The monoisotopic (exact) mass is 263 g/mol. The number of methoxy groups -OCH3 is 1. The molecule has 0 heterocycles. The van der Waals surface area contributed by atoms with Gasteiger partial charge in [-0.15, -0.1) is 0 Å². The highest BCUT2D eigenvalue weighted by Gasteiger charge is 2.14. The van der Waals surface area contributed by atoms with E-state index in [-0.39, 0.29) is 5.78 Å². The Balaban J connectivity index is 2.56. The van der Waals surface area contributed by atoms with Crippen LogP contribution in [0.4, 0.5) is 0 Å². The molecule has 3 nitrogen and oxygen atoms in total. The highest BCUT2D eigenvalue weighted by molar-refractivity contribution is 5.97. The van der Waals surface area contributed by atoms with Crippen molar-refractivity contribution in [2.45, 2.75) is 33.2 Å². The van der Waals surface area contributed by atoms with Gasteiger partial charge in [-0.25, -0.2) is 0 Å². The molecule has 1 unspecified atom stereocenters. The van der Waals surface area contributed by atoms with Gasteiger partial charge in [-0.1, -0.05) is 31.2 Å². The Bertz CT molecular complexity index is 403. The van der Waals surface area contributed by atoms with Crippen LogP contribution in [0, 0.1) is 6.92 Å². The number of nitrogens with zero attached hydrogens (tertiary/aromatic N) is 1. The molecule has 0 aliphatic carbocycles. The first-order valence-electron chi connectivity index (χ1n) is 6.92. The number of aryl methyl sites for hydroxylation is 1. The SMILES string of the molecule is CCN(CCC(=O)c1ccccc1C)C(C)COC. The van der Waals surface area contributed by atoms with Crippen LogP contribution in [0.25, 0.3) is 0 Å². The maximum Gasteiger partial charge on any atom is 0.164 e. The molecule has 1 aromatic rings. The minimum absolute atomic E-state index is 0.223. The molecule has 1 rings (SSSR count). The molecule has 19 heavy (non-hydrogen) atoms. The number of rotatable bonds is 8. The molecule has 0 amide bonds. The third kappa shape index (κ3) is 4.77. The van der Waals surface area contributed by atoms with Crippen LogP contribution in [0.3, 0.4) is 0 Å². The quantitative estimate of drug-likeness (QED) is 0.675. The van der Waals surface area contributed by atoms with Gasteiger partial charge in [0.2, 0.25) is 0 Å². The second-order valence-corrected chi connectivity index (χ2v) is 4.92. The summed E-state index contributed by atoms with van der Waals surface area (Å²) in [6, 6.07) is 8.13. The van der Waals surface area contributed by atoms with Gasteiger partial charge in [0.1, 0.15) is 0 Å². The van der Waals surface area contributed by atoms with Gasteiger partial charge < -0.3 is 4.74 Å². The topological polar surface area (TPSA) is 29.5 Å². The van der Waals surface area contributed by atoms with E-state index >= 15 is 0 Å². The van der Waals surface area contributed by atoms with E-state index in [1.807, 2.05) is 31.2 Å². The molecule has 0 aromatic heterocycles. The molecule has 0 aliphatic heterocycles. The Labute approximate surface area is 116 Å². The summed E-state index contributed by atoms with van der Waals surface area (Å²) in [5.41, 5.74) is 1.90. The van der Waals surface area contributed by atoms with E-state index in [4.69, 9.17) is 4.74 Å². The van der Waals surface area contributed by atoms with E-state index in [0.29, 0.717) is 19.1 Å². The van der Waals surface area contributed by atoms with Crippen molar-refractivity contribution in [1.29, 1.82) is 0 Å². The van der Waals surface area contributed by atoms with Crippen LogP contribution in [0.5, 0.6) is 0 Å². The fraction of sp³-hybridized carbons (Fsp3) is 0.562. The van der Waals surface area contributed by atoms with E-state index in [0.717, 1.165) is 24.2 Å². The third-order valence-electron chi connectivity index (χ3n) is 3.51. The smallest absolute Gasteiger partial charge is 0.164 e. The van der Waals surface area contributed by atoms with Gasteiger partial charge in [-0.2, -0.15) is 0 Å². The van der Waals surface area contributed by atoms with Gasteiger partial charge in [-0.3, -0.25) is 9.69 Å². The summed E-state index contributed by atoms with van der Waals surface area (Å²) in [5.74, 6) is 0.223. The third-order valence-corrected chi connectivity index (χ3v) is 3.51. The molecule has 0 saturated heterocycles. The van der Waals surface area contributed by atoms with Crippen LogP contribution in [-0.2, 0) is 4.74 Å². The Hall–Kier alpha value is -1.19. The molecule has 0 fully saturated rings. The lowest BCUT2D eigenvalue weighted by molar-refractivity contribution is 0.0872. The van der Waals surface area contributed by atoms with Crippen molar-refractivity contribution in [3.8, 4) is 0 Å². The van der Waals surface area contributed by atoms with Crippen LogP contribution >= 0.6 is 0 Å². The molecule has 106 valence electrons. The summed E-state index contributed by atoms with van der Waals surface area (Å²) in [4.78, 5) is 14.5. The molecule has 0 saturated carbocycles. The fourth-order valence-corrected chi connectivity index (χ4v) is 2.30. The predicted octanol–water partition coefficient (Wildman–Crippen LogP) is 2.92. The average Bonchev–Trinajstić information content (AvgIpc) is 2.40. The van der Waals surface area contributed by atoms with Crippen molar-refractivity contribution in [3.63, 3.8) is 0 Å². The van der Waals surface area contributed by atoms with Crippen LogP contribution in [0.1, 0.15) is 36.2 Å². The van der Waals surface area contributed by atoms with Crippen molar-refractivity contribution in [1.82, 2.24) is 4.90 Å². The van der Waals surface area contributed by atoms with Crippen molar-refractivity contribution in [2.75, 3.05) is 26.8 Å². The predicted molar refractivity (Wildman–Crippen MR) is 78.7 cm³/mol. The lowest BCUT2D eigenvalue weighted by Crippen LogP contribution is -2.37. The molecule has 0 aliphatic rings. The normalized spacial score (nSPS) is 12.7. The Morgan fingerprint density at radius 1 is 1.37 bits per heavy atom. The average molecular weight is 263 g/mol. The Morgan fingerprint density at radius 3 is 2.63 bits per heavy atom. The first kappa shape index (κ1) is 15.9. The Morgan fingerprint density at radius 2 is 2.05 bits per heavy atom. The second kappa shape index (κ2) is 8.08. The van der Waals surface area contributed by atoms with E-state index in [1.165, 1.54) is 0 Å². The van der Waals surface area contributed by atoms with Gasteiger partial charge in [0.05, 0.1) is 6.61 Å². The summed E-state index contributed by atoms with van der Waals surface area (Å²) in [6.45, 7) is 8.65. The molecule has 1 aromatic carbocycles. The van der Waals surface area contributed by atoms with Crippen molar-refractivity contribution in [3.05, 3.63) is 35.4 Å². The van der Waals surface area contributed by atoms with Crippen LogP contribution in [0.15, 0.2) is 24.3 Å². The maximum absolute atomic E-state index is 12.2. The standard InChI is InChI=1S/C16H25NO2/c1-5-17(14(3)12-19-4)11-10-16(18)15-9-7-6-8-13(15)2/h6-9,14H,5,10-12H2,1-4H3. The van der Waals surface area contributed by atoms with Gasteiger partial charge in [0, 0.05) is 31.7 Å². The molecule has 3 heteroatoms. The zero-order valence-corrected chi connectivity index (χ0v) is 12.5. The van der Waals surface area contributed by atoms with Gasteiger partial charge in [0.25, 0.3) is 0 Å². The highest BCUT2D eigenvalue weighted by Crippen LogP contribution is 2.11. The summed E-state index contributed by atoms with van der Waals surface area (Å²) < 4.78 is 5.17. The number of carbonyl (C=O) groups is 1. The van der Waals surface area contributed by atoms with Crippen LogP contribution < -0.4 is 0 Å². The van der Waals surface area contributed by atoms with Gasteiger partial charge >= 0.3 is 0 Å². The minimum atomic E-state index is 0.223. The van der Waals surface area contributed by atoms with Crippen molar-refractivity contribution < 1.29 is 9.53 Å². The minimum Gasteiger partial charge on any atom is -0.383 e. The highest BCUT2D eigenvalue weighted by atomic mass is 16.5. The molecule has 0 radical (unpaired) electrons. The summed E-state index contributed by atoms with van der Waals surface area (Å²) in [7, 11) is 1.71. The number of ether oxygens (including phenoxy) is 1. The van der Waals surface area contributed by atoms with Crippen LogP contribution in [0.2, 0.25) is 0 Å². The summed E-state index contributed by atoms with van der Waals surface area (Å²) in [6.07, 6.45) is 0.562. The Kier molecular flexibility index (Phi) is 6.74. The number of ketones is 1. The van der Waals surface area contributed by atoms with Gasteiger partial charge in [-0.05, 0) is 26.0 Å². The first-order valence-corrected chi connectivity index (χ1v) is 6.92. The van der Waals surface area contributed by atoms with E-state index in [9.17, 15) is 4.79 Å². The number of likely N-dealkylation sites (N-methyl/N-ethyl adjacent to an activating group) is 1. The van der Waals surface area contributed by atoms with E-state index in [1.54, 1.807) is 7.11 Å². The second-order valence-electron chi connectivity index (χ2n) is 4.92. The zero-order chi connectivity index (χ0) is 14.3. The molecular weight excluding hydrogens is 238 g/mol. The number of benzene rings is 1. The molecule has 1 atom stereocenters. The van der Waals surface area contributed by atoms with Crippen LogP contribution in [-0.4, -0.2) is 43.5 Å². The fourth-order valence-electron chi connectivity index (χ4n) is 2.30. The van der Waals surface area contributed by atoms with E-state index in [2.05, 4.69) is 18.7 Å². The maximum atomic E-state index is 12.2. The summed E-state index contributed by atoms with van der Waals surface area (Å²) >= 11 is 0. The first-order chi connectivity index (χ1) is 9.10. The number of Topliss-reactive ketones (excluding diaryl/α,β-unsaturated/α-hetero) is 1. The molecule has 0 spiro atoms. The zero-order valence-electron chi connectivity index (χ0n) is 12.5.